The van der Waals surface area contributed by atoms with E-state index in [0.717, 1.165) is 40.6 Å². The molecule has 148 valence electrons. The van der Waals surface area contributed by atoms with Crippen molar-refractivity contribution in [1.82, 2.24) is 19.7 Å². The highest BCUT2D eigenvalue weighted by Gasteiger charge is 2.14. The van der Waals surface area contributed by atoms with Crippen LogP contribution in [0.25, 0.3) is 22.1 Å². The van der Waals surface area contributed by atoms with E-state index in [2.05, 4.69) is 33.8 Å². The third kappa shape index (κ3) is 4.17. The molecular weight excluding hydrogens is 386 g/mol. The molecule has 0 fully saturated rings. The maximum atomic E-state index is 10.9. The van der Waals surface area contributed by atoms with Crippen LogP contribution >= 0.6 is 11.8 Å². The van der Waals surface area contributed by atoms with Crippen molar-refractivity contribution in [2.75, 3.05) is 6.61 Å². The Morgan fingerprint density at radius 1 is 1.17 bits per heavy atom. The van der Waals surface area contributed by atoms with Crippen molar-refractivity contribution >= 4 is 39.7 Å². The number of rotatable bonds is 8. The van der Waals surface area contributed by atoms with Gasteiger partial charge >= 0.3 is 0 Å². The minimum Gasteiger partial charge on any atom is -0.484 e. The second kappa shape index (κ2) is 8.48. The zero-order valence-corrected chi connectivity index (χ0v) is 16.9. The molecule has 0 atom stereocenters. The van der Waals surface area contributed by atoms with Gasteiger partial charge in [-0.15, -0.1) is 10.2 Å². The normalized spacial score (nSPS) is 11.2. The first kappa shape index (κ1) is 19.2. The predicted octanol–water partition coefficient (Wildman–Crippen LogP) is 3.55. The molecule has 2 heterocycles. The van der Waals surface area contributed by atoms with Gasteiger partial charge in [-0.1, -0.05) is 49.0 Å². The Morgan fingerprint density at radius 2 is 2.03 bits per heavy atom. The molecule has 0 radical (unpaired) electrons. The standard InChI is InChI=1S/C21H21N5O2S/c1-2-10-26-17-9-4-3-8-16(17)19-20(26)23-21(25-24-19)29-13-14-6-5-7-15(11-14)28-12-18(22)27/h3-9,11H,2,10,12-13H2,1H3,(H2,22,27). The lowest BCUT2D eigenvalue weighted by molar-refractivity contribution is -0.119. The van der Waals surface area contributed by atoms with E-state index in [0.29, 0.717) is 16.7 Å². The zero-order valence-electron chi connectivity index (χ0n) is 16.0. The van der Waals surface area contributed by atoms with Crippen LogP contribution < -0.4 is 10.5 Å². The van der Waals surface area contributed by atoms with E-state index in [1.807, 2.05) is 30.3 Å². The van der Waals surface area contributed by atoms with E-state index in [1.165, 1.54) is 11.8 Å². The van der Waals surface area contributed by atoms with Gasteiger partial charge in [0.05, 0.1) is 5.52 Å². The molecule has 0 spiro atoms. The van der Waals surface area contributed by atoms with Gasteiger partial charge in [0.25, 0.3) is 5.91 Å². The number of carbonyl (C=O) groups excluding carboxylic acids is 1. The molecule has 2 aromatic heterocycles. The number of benzene rings is 2. The fourth-order valence-corrected chi connectivity index (χ4v) is 3.95. The van der Waals surface area contributed by atoms with Crippen molar-refractivity contribution in [3.8, 4) is 5.75 Å². The number of ether oxygens (including phenoxy) is 1. The quantitative estimate of drug-likeness (QED) is 0.449. The van der Waals surface area contributed by atoms with Crippen molar-refractivity contribution in [2.24, 2.45) is 5.73 Å². The summed E-state index contributed by atoms with van der Waals surface area (Å²) in [5.74, 6) is 0.772. The summed E-state index contributed by atoms with van der Waals surface area (Å²) in [4.78, 5) is 15.7. The molecule has 2 N–H and O–H groups in total. The van der Waals surface area contributed by atoms with Gasteiger partial charge in [0.15, 0.2) is 12.3 Å². The molecule has 29 heavy (non-hydrogen) atoms. The number of para-hydroxylation sites is 1. The predicted molar refractivity (Wildman–Crippen MR) is 114 cm³/mol. The molecule has 0 aliphatic heterocycles. The number of fused-ring (bicyclic) bond motifs is 3. The first-order valence-corrected chi connectivity index (χ1v) is 10.4. The number of amides is 1. The van der Waals surface area contributed by atoms with Gasteiger partial charge < -0.3 is 15.0 Å². The van der Waals surface area contributed by atoms with Gasteiger partial charge in [0.1, 0.15) is 11.3 Å². The molecule has 0 aliphatic carbocycles. The number of nitrogens with zero attached hydrogens (tertiary/aromatic N) is 4. The topological polar surface area (TPSA) is 95.9 Å². The second-order valence-electron chi connectivity index (χ2n) is 6.63. The van der Waals surface area contributed by atoms with Gasteiger partial charge in [0.2, 0.25) is 5.16 Å². The number of aromatic nitrogens is 4. The summed E-state index contributed by atoms with van der Waals surface area (Å²) in [6, 6.07) is 15.8. The average Bonchev–Trinajstić information content (AvgIpc) is 3.05. The molecule has 8 heteroatoms. The molecule has 4 rings (SSSR count). The summed E-state index contributed by atoms with van der Waals surface area (Å²) in [6.07, 6.45) is 1.01. The molecule has 0 saturated carbocycles. The van der Waals surface area contributed by atoms with E-state index in [1.54, 1.807) is 6.07 Å². The highest BCUT2D eigenvalue weighted by molar-refractivity contribution is 7.98. The van der Waals surface area contributed by atoms with Crippen LogP contribution in [0.2, 0.25) is 0 Å². The third-order valence-electron chi connectivity index (χ3n) is 4.45. The lowest BCUT2D eigenvalue weighted by atomic mass is 10.2. The van der Waals surface area contributed by atoms with Crippen LogP contribution in [-0.2, 0) is 17.1 Å². The van der Waals surface area contributed by atoms with Crippen LogP contribution in [0.15, 0.2) is 53.7 Å². The molecule has 0 aliphatic rings. The zero-order chi connectivity index (χ0) is 20.2. The molecule has 7 nitrogen and oxygen atoms in total. The van der Waals surface area contributed by atoms with Gasteiger partial charge in [0, 0.05) is 17.7 Å². The first-order chi connectivity index (χ1) is 14.2. The molecular formula is C21H21N5O2S. The minimum absolute atomic E-state index is 0.137. The van der Waals surface area contributed by atoms with Crippen LogP contribution in [-0.4, -0.2) is 32.3 Å². The van der Waals surface area contributed by atoms with E-state index in [-0.39, 0.29) is 6.61 Å². The van der Waals surface area contributed by atoms with Crippen molar-refractivity contribution in [2.45, 2.75) is 30.8 Å². The highest BCUT2D eigenvalue weighted by Crippen LogP contribution is 2.28. The van der Waals surface area contributed by atoms with E-state index in [4.69, 9.17) is 15.5 Å². The van der Waals surface area contributed by atoms with Gasteiger partial charge in [-0.2, -0.15) is 0 Å². The highest BCUT2D eigenvalue weighted by atomic mass is 32.2. The second-order valence-corrected chi connectivity index (χ2v) is 7.57. The van der Waals surface area contributed by atoms with Crippen LogP contribution in [0.3, 0.4) is 0 Å². The number of hydrogen-bond acceptors (Lipinski definition) is 6. The smallest absolute Gasteiger partial charge is 0.255 e. The summed E-state index contributed by atoms with van der Waals surface area (Å²) in [6.45, 7) is 2.90. The lowest BCUT2D eigenvalue weighted by Gasteiger charge is -2.06. The Labute approximate surface area is 172 Å². The molecule has 0 saturated heterocycles. The van der Waals surface area contributed by atoms with Crippen molar-refractivity contribution in [1.29, 1.82) is 0 Å². The van der Waals surface area contributed by atoms with Crippen molar-refractivity contribution < 1.29 is 9.53 Å². The molecule has 2 aromatic carbocycles. The summed E-state index contributed by atoms with van der Waals surface area (Å²) >= 11 is 1.51. The Kier molecular flexibility index (Phi) is 5.62. The summed E-state index contributed by atoms with van der Waals surface area (Å²) in [7, 11) is 0. The molecule has 1 amide bonds. The van der Waals surface area contributed by atoms with E-state index < -0.39 is 5.91 Å². The Morgan fingerprint density at radius 3 is 2.86 bits per heavy atom. The first-order valence-electron chi connectivity index (χ1n) is 9.40. The fraction of sp³-hybridized carbons (Fsp3) is 0.238. The number of aryl methyl sites for hydroxylation is 1. The van der Waals surface area contributed by atoms with Gasteiger partial charge in [-0.05, 0) is 30.2 Å². The number of hydrogen-bond donors (Lipinski definition) is 1. The number of carbonyl (C=O) groups is 1. The Balaban J connectivity index is 1.57. The fourth-order valence-electron chi connectivity index (χ4n) is 3.23. The third-order valence-corrected chi connectivity index (χ3v) is 5.36. The largest absolute Gasteiger partial charge is 0.484 e. The lowest BCUT2D eigenvalue weighted by Crippen LogP contribution is -2.20. The van der Waals surface area contributed by atoms with Crippen LogP contribution in [0.1, 0.15) is 18.9 Å². The molecule has 4 aromatic rings. The molecule has 0 unspecified atom stereocenters. The number of thioether (sulfide) groups is 1. The summed E-state index contributed by atoms with van der Waals surface area (Å²) < 4.78 is 7.57. The van der Waals surface area contributed by atoms with Crippen molar-refractivity contribution in [3.05, 3.63) is 54.1 Å². The van der Waals surface area contributed by atoms with Gasteiger partial charge in [-0.3, -0.25) is 4.79 Å². The Hall–Kier alpha value is -3.13. The molecule has 0 bridgehead atoms. The van der Waals surface area contributed by atoms with Crippen LogP contribution in [0.4, 0.5) is 0 Å². The maximum Gasteiger partial charge on any atom is 0.255 e. The van der Waals surface area contributed by atoms with Crippen molar-refractivity contribution in [3.63, 3.8) is 0 Å². The average molecular weight is 407 g/mol. The van der Waals surface area contributed by atoms with E-state index >= 15 is 0 Å². The SMILES string of the molecule is CCCn1c2ccccc2c2nnc(SCc3cccc(OCC(N)=O)c3)nc21. The number of nitrogens with two attached hydrogens (primary N) is 1. The van der Waals surface area contributed by atoms with Crippen LogP contribution in [0, 0.1) is 0 Å². The van der Waals surface area contributed by atoms with Crippen LogP contribution in [0.5, 0.6) is 5.75 Å². The summed E-state index contributed by atoms with van der Waals surface area (Å²) in [5, 5.41) is 10.5. The number of primary amides is 1. The maximum absolute atomic E-state index is 10.9. The summed E-state index contributed by atoms with van der Waals surface area (Å²) in [5.41, 5.74) is 8.99. The van der Waals surface area contributed by atoms with E-state index in [9.17, 15) is 4.79 Å². The minimum atomic E-state index is -0.500. The van der Waals surface area contributed by atoms with Gasteiger partial charge in [-0.25, -0.2) is 4.98 Å². The monoisotopic (exact) mass is 407 g/mol. The Bertz CT molecular complexity index is 1170.